The average Bonchev–Trinajstić information content (AvgIpc) is 4.27. The number of pyridine rings is 2. The number of aromatic nitrogens is 4. The lowest BCUT2D eigenvalue weighted by atomic mass is 9.86. The lowest BCUT2D eigenvalue weighted by Gasteiger charge is -2.41. The zero-order valence-corrected chi connectivity index (χ0v) is 45.4. The van der Waals surface area contributed by atoms with E-state index in [1.807, 2.05) is 24.0 Å². The lowest BCUT2D eigenvalue weighted by Crippen LogP contribution is -2.56. The first-order valence-electron chi connectivity index (χ1n) is 26.5. The van der Waals surface area contributed by atoms with Crippen molar-refractivity contribution >= 4 is 77.5 Å². The van der Waals surface area contributed by atoms with Crippen molar-refractivity contribution in [1.82, 2.24) is 29.3 Å². The van der Waals surface area contributed by atoms with Gasteiger partial charge < -0.3 is 39.4 Å². The van der Waals surface area contributed by atoms with Crippen LogP contribution in [0.5, 0.6) is 11.8 Å². The highest BCUT2D eigenvalue weighted by molar-refractivity contribution is 7.23. The number of hydrogen-bond donors (Lipinski definition) is 2. The largest absolute Gasteiger partial charge is 0.489 e. The summed E-state index contributed by atoms with van der Waals surface area (Å²) >= 11 is 7.88. The number of benzene rings is 3. The number of piperazine rings is 1. The van der Waals surface area contributed by atoms with Gasteiger partial charge in [0.05, 0.1) is 73.9 Å². The Morgan fingerprint density at radius 2 is 1.88 bits per heavy atom. The van der Waals surface area contributed by atoms with Gasteiger partial charge in [0.15, 0.2) is 11.4 Å². The molecule has 7 aromatic rings. The van der Waals surface area contributed by atoms with E-state index in [0.717, 1.165) is 40.3 Å². The summed E-state index contributed by atoms with van der Waals surface area (Å²) in [5.74, 6) is -2.02. The summed E-state index contributed by atoms with van der Waals surface area (Å²) in [6.07, 6.45) is 2.96. The van der Waals surface area contributed by atoms with E-state index < -0.39 is 41.0 Å². The van der Waals surface area contributed by atoms with E-state index in [-0.39, 0.29) is 154 Å². The summed E-state index contributed by atoms with van der Waals surface area (Å²) in [5, 5.41) is 32.7. The second-order valence-electron chi connectivity index (χ2n) is 21.0. The second-order valence-corrected chi connectivity index (χ2v) is 22.5. The highest BCUT2D eigenvalue weighted by atomic mass is 35.5. The fourth-order valence-electron chi connectivity index (χ4n) is 12.7. The minimum Gasteiger partial charge on any atom is -0.489 e. The molecule has 3 aromatic carbocycles. The highest BCUT2D eigenvalue weighted by Gasteiger charge is 2.50. The van der Waals surface area contributed by atoms with Crippen molar-refractivity contribution in [3.05, 3.63) is 109 Å². The number of hydrogen-bond acceptors (Lipinski definition) is 16. The van der Waals surface area contributed by atoms with Crippen LogP contribution in [0.1, 0.15) is 80.7 Å². The number of alkyl halides is 1. The molecule has 5 aliphatic rings. The topological polar surface area (TPSA) is 226 Å². The Morgan fingerprint density at radius 3 is 2.64 bits per heavy atom. The van der Waals surface area contributed by atoms with E-state index in [0.29, 0.717) is 47.6 Å². The highest BCUT2D eigenvalue weighted by Crippen LogP contribution is 2.47. The number of amides is 1. The molecule has 410 valence electrons. The van der Waals surface area contributed by atoms with Gasteiger partial charge in [0.1, 0.15) is 60.0 Å². The van der Waals surface area contributed by atoms with Gasteiger partial charge in [-0.2, -0.15) is 20.5 Å². The SMILES string of the molecule is C/C=C(\COc1ccc2nc3c(c(CC)c2c1)Cn1c-3cc2c(c1=O)COC(=O)C2(O)CC)C(=O)N1CCN(c2nc(OCC34CCCN3CC(F)C4)nc3c(F)c(-c4ccc(F)c5sc(N)c(C#N)c45)c(Cl)cc23)CC1CC#N. The van der Waals surface area contributed by atoms with Gasteiger partial charge in [-0.05, 0) is 86.7 Å². The van der Waals surface area contributed by atoms with Crippen LogP contribution in [0.4, 0.5) is 24.0 Å². The summed E-state index contributed by atoms with van der Waals surface area (Å²) in [5.41, 5.74) is 7.30. The number of aliphatic hydroxyl groups is 1. The Hall–Kier alpha value is -7.82. The number of rotatable bonds is 12. The summed E-state index contributed by atoms with van der Waals surface area (Å²) < 4.78 is 67.3. The summed E-state index contributed by atoms with van der Waals surface area (Å²) in [4.78, 5) is 61.2. The number of nitrogens with two attached hydrogens (primary N) is 1. The monoisotopic (exact) mass is 1120 g/mol. The average molecular weight is 1130 g/mol. The molecule has 17 nitrogen and oxygen atoms in total. The van der Waals surface area contributed by atoms with Gasteiger partial charge in [0, 0.05) is 65.4 Å². The Morgan fingerprint density at radius 1 is 1.05 bits per heavy atom. The van der Waals surface area contributed by atoms with Crippen LogP contribution in [0, 0.1) is 34.3 Å². The van der Waals surface area contributed by atoms with Crippen molar-refractivity contribution in [2.45, 2.75) is 95.8 Å². The molecule has 0 saturated carbocycles. The van der Waals surface area contributed by atoms with Crippen LogP contribution >= 0.6 is 22.9 Å². The lowest BCUT2D eigenvalue weighted by molar-refractivity contribution is -0.172. The summed E-state index contributed by atoms with van der Waals surface area (Å²) in [6.45, 7) is 6.64. The number of thiophene rings is 1. The van der Waals surface area contributed by atoms with Gasteiger partial charge in [-0.3, -0.25) is 14.5 Å². The second kappa shape index (κ2) is 20.1. The predicted octanol–water partition coefficient (Wildman–Crippen LogP) is 8.76. The number of allylic oxidation sites excluding steroid dienone is 1. The maximum Gasteiger partial charge on any atom is 0.343 e. The van der Waals surface area contributed by atoms with Crippen molar-refractivity contribution in [3.8, 4) is 46.4 Å². The number of anilines is 2. The van der Waals surface area contributed by atoms with E-state index in [1.54, 1.807) is 47.6 Å². The molecule has 0 aliphatic carbocycles. The number of carbonyl (C=O) groups excluding carboxylic acids is 2. The van der Waals surface area contributed by atoms with Crippen molar-refractivity contribution in [2.24, 2.45) is 0 Å². The number of nitriles is 2. The molecule has 3 saturated heterocycles. The number of cyclic esters (lactones) is 1. The molecule has 80 heavy (non-hydrogen) atoms. The zero-order chi connectivity index (χ0) is 56.1. The van der Waals surface area contributed by atoms with Crippen LogP contribution in [-0.4, -0.2) is 110 Å². The predicted molar refractivity (Wildman–Crippen MR) is 294 cm³/mol. The molecule has 4 aromatic heterocycles. The standard InChI is InChI=1S/C58H52ClF3N10O7S/c1-4-29(26-77-32-8-11-43-35(18-32)33(5-2)38-25-72-44(48(38)66-43)20-40-39(54(72)74)27-78-55(75)58(40,76)6-3)53(73)71-17-16-69(24-31(71)12-14-63)52-36-19-41(59)46(34-9-10-42(61)50-45(34)37(22-64)51(65)80-50)47(62)49(36)67-56(68-52)79-28-57-13-7-15-70(57)23-30(60)21-57/h4,8-11,18-20,30-31,76H,5-7,12-13,15-17,21,23-28,65H2,1-3H3/b29-4+. The first-order valence-corrected chi connectivity index (χ1v) is 27.7. The van der Waals surface area contributed by atoms with Crippen molar-refractivity contribution in [2.75, 3.05) is 56.6 Å². The molecule has 0 bridgehead atoms. The summed E-state index contributed by atoms with van der Waals surface area (Å²) in [6, 6.07) is 14.5. The van der Waals surface area contributed by atoms with Gasteiger partial charge >= 0.3 is 12.0 Å². The van der Waals surface area contributed by atoms with Gasteiger partial charge in [0.25, 0.3) is 11.5 Å². The third kappa shape index (κ3) is 8.30. The fourth-order valence-corrected chi connectivity index (χ4v) is 14.0. The molecular weight excluding hydrogens is 1070 g/mol. The Bertz CT molecular complexity index is 4010. The third-order valence-corrected chi connectivity index (χ3v) is 18.1. The molecule has 12 rings (SSSR count). The Kier molecular flexibility index (Phi) is 13.3. The molecule has 22 heteroatoms. The minimum absolute atomic E-state index is 0.0217. The van der Waals surface area contributed by atoms with Gasteiger partial charge in [-0.1, -0.05) is 37.6 Å². The fraction of sp³-hybridized carbons (Fsp3) is 0.379. The molecule has 0 radical (unpaired) electrons. The molecule has 4 unspecified atom stereocenters. The van der Waals surface area contributed by atoms with Crippen molar-refractivity contribution in [3.63, 3.8) is 0 Å². The molecule has 0 spiro atoms. The molecular formula is C58H52ClF3N10O7S. The first-order chi connectivity index (χ1) is 38.5. The number of nitrogen functional groups attached to an aromatic ring is 1. The van der Waals surface area contributed by atoms with E-state index in [9.17, 15) is 34.4 Å². The molecule has 3 fully saturated rings. The quantitative estimate of drug-likeness (QED) is 0.0861. The van der Waals surface area contributed by atoms with Crippen LogP contribution in [0.3, 0.4) is 0 Å². The smallest absolute Gasteiger partial charge is 0.343 e. The molecule has 4 atom stereocenters. The maximum absolute atomic E-state index is 17.6. The van der Waals surface area contributed by atoms with Crippen molar-refractivity contribution < 1.29 is 42.1 Å². The number of ether oxygens (including phenoxy) is 3. The van der Waals surface area contributed by atoms with E-state index >= 15 is 8.78 Å². The van der Waals surface area contributed by atoms with E-state index in [1.165, 1.54) is 12.1 Å². The van der Waals surface area contributed by atoms with Crippen LogP contribution in [0.25, 0.3) is 54.4 Å². The van der Waals surface area contributed by atoms with Gasteiger partial charge in [0.2, 0.25) is 0 Å². The first kappa shape index (κ1) is 52.9. The van der Waals surface area contributed by atoms with Crippen LogP contribution in [0.2, 0.25) is 5.02 Å². The Labute approximate surface area is 465 Å². The summed E-state index contributed by atoms with van der Waals surface area (Å²) in [7, 11) is 0. The molecule has 3 N–H and O–H groups in total. The van der Waals surface area contributed by atoms with Crippen LogP contribution in [0.15, 0.2) is 58.9 Å². The number of fused-ring (bicyclic) bond motifs is 8. The van der Waals surface area contributed by atoms with Crippen LogP contribution in [-0.2, 0) is 39.5 Å². The van der Waals surface area contributed by atoms with Gasteiger partial charge in [-0.15, -0.1) is 11.3 Å². The Balaban J connectivity index is 0.828. The van der Waals surface area contributed by atoms with E-state index in [2.05, 4.69) is 16.0 Å². The normalized spacial score (nSPS) is 21.6. The van der Waals surface area contributed by atoms with E-state index in [4.69, 9.17) is 41.5 Å². The zero-order valence-electron chi connectivity index (χ0n) is 43.8. The van der Waals surface area contributed by atoms with Crippen LogP contribution < -0.4 is 25.7 Å². The molecule has 9 heterocycles. The minimum atomic E-state index is -1.96. The maximum atomic E-state index is 17.6. The number of carbonyl (C=O) groups is 2. The molecule has 1 amide bonds. The van der Waals surface area contributed by atoms with Gasteiger partial charge in [-0.25, -0.2) is 22.9 Å². The third-order valence-electron chi connectivity index (χ3n) is 16.8. The number of esters is 1. The number of halogens is 4. The number of nitrogens with zero attached hydrogens (tertiary/aromatic N) is 9. The number of aryl methyl sites for hydroxylation is 1. The molecule has 5 aliphatic heterocycles. The van der Waals surface area contributed by atoms with Crippen molar-refractivity contribution in [1.29, 1.82) is 10.5 Å².